The zero-order valence-corrected chi connectivity index (χ0v) is 15.8. The van der Waals surface area contributed by atoms with Crippen LogP contribution in [0, 0.1) is 0 Å². The van der Waals surface area contributed by atoms with Gasteiger partial charge in [0.15, 0.2) is 22.8 Å². The second-order valence-electron chi connectivity index (χ2n) is 6.76. The third kappa shape index (κ3) is 3.38. The van der Waals surface area contributed by atoms with Crippen LogP contribution in [-0.2, 0) is 6.42 Å². The van der Waals surface area contributed by atoms with Crippen molar-refractivity contribution in [3.8, 4) is 11.5 Å². The van der Waals surface area contributed by atoms with Crippen molar-refractivity contribution in [2.24, 2.45) is 0 Å². The van der Waals surface area contributed by atoms with Crippen LogP contribution >= 0.6 is 0 Å². The minimum Gasteiger partial charge on any atom is -0.486 e. The molecular weight excluding hydrogens is 360 g/mol. The largest absolute Gasteiger partial charge is 0.486 e. The Morgan fingerprint density at radius 2 is 2.07 bits per heavy atom. The zero-order valence-electron chi connectivity index (χ0n) is 15.8. The Bertz CT molecular complexity index is 1020. The molecule has 1 amide bonds. The third-order valence-corrected chi connectivity index (χ3v) is 4.94. The van der Waals surface area contributed by atoms with Crippen molar-refractivity contribution in [2.45, 2.75) is 19.4 Å². The van der Waals surface area contributed by atoms with Gasteiger partial charge in [-0.15, -0.1) is 0 Å². The van der Waals surface area contributed by atoms with Crippen LogP contribution in [0.15, 0.2) is 36.7 Å². The van der Waals surface area contributed by atoms with Gasteiger partial charge in [-0.1, -0.05) is 6.07 Å². The highest BCUT2D eigenvalue weighted by molar-refractivity contribution is 5.93. The average molecular weight is 382 g/mol. The maximum atomic E-state index is 13.0. The number of ether oxygens (including phenoxy) is 2. The summed E-state index contributed by atoms with van der Waals surface area (Å²) in [6.07, 6.45) is 3.95. The monoisotopic (exact) mass is 382 g/mol. The van der Waals surface area contributed by atoms with Crippen LogP contribution in [0.2, 0.25) is 0 Å². The molecule has 0 spiro atoms. The van der Waals surface area contributed by atoms with Gasteiger partial charge in [-0.3, -0.25) is 4.79 Å². The molecule has 146 valence electrons. The quantitative estimate of drug-likeness (QED) is 0.725. The van der Waals surface area contributed by atoms with E-state index in [0.717, 1.165) is 16.9 Å². The van der Waals surface area contributed by atoms with Crippen LogP contribution in [0.25, 0.3) is 5.65 Å². The molecule has 3 heterocycles. The summed E-state index contributed by atoms with van der Waals surface area (Å²) in [7, 11) is 1.75. The lowest BCUT2D eigenvalue weighted by molar-refractivity contribution is 0.0735. The first-order chi connectivity index (χ1) is 13.6. The number of carbonyl (C=O) groups excluding carboxylic acids is 1. The van der Waals surface area contributed by atoms with E-state index in [1.165, 1.54) is 0 Å². The number of carbonyl (C=O) groups is 1. The number of nitrogens with zero attached hydrogens (tertiary/aromatic N) is 4. The summed E-state index contributed by atoms with van der Waals surface area (Å²) in [6, 6.07) is 7.21. The Morgan fingerprint density at radius 3 is 2.86 bits per heavy atom. The number of rotatable bonds is 5. The van der Waals surface area contributed by atoms with Crippen molar-refractivity contribution < 1.29 is 19.4 Å². The van der Waals surface area contributed by atoms with E-state index in [1.54, 1.807) is 34.9 Å². The number of hydrogen-bond donors (Lipinski definition) is 1. The van der Waals surface area contributed by atoms with Crippen LogP contribution in [0.5, 0.6) is 11.5 Å². The maximum Gasteiger partial charge on any atom is 0.274 e. The van der Waals surface area contributed by atoms with Crippen molar-refractivity contribution in [1.29, 1.82) is 0 Å². The van der Waals surface area contributed by atoms with Gasteiger partial charge in [-0.05, 0) is 36.6 Å². The Labute approximate surface area is 162 Å². The number of benzene rings is 1. The standard InChI is InChI=1S/C20H22N4O4/c1-13(15-3-4-17-18(9-15)28-8-7-27-17)23(2)20(26)16-10-19-21-11-14(5-6-25)12-24(19)22-16/h3-4,9-13,25H,5-8H2,1-2H3/t13-/m0/s1. The molecule has 0 aliphatic carbocycles. The fraction of sp³-hybridized carbons (Fsp3) is 0.350. The van der Waals surface area contributed by atoms with Crippen LogP contribution in [-0.4, -0.2) is 57.4 Å². The molecule has 1 aromatic carbocycles. The molecule has 1 aliphatic heterocycles. The van der Waals surface area contributed by atoms with Gasteiger partial charge in [0, 0.05) is 32.1 Å². The van der Waals surface area contributed by atoms with E-state index < -0.39 is 0 Å². The number of aromatic nitrogens is 3. The Morgan fingerprint density at radius 1 is 1.29 bits per heavy atom. The van der Waals surface area contributed by atoms with Crippen molar-refractivity contribution >= 4 is 11.6 Å². The molecule has 8 nitrogen and oxygen atoms in total. The number of aliphatic hydroxyl groups excluding tert-OH is 1. The van der Waals surface area contributed by atoms with E-state index in [9.17, 15) is 4.79 Å². The average Bonchev–Trinajstić information content (AvgIpc) is 3.15. The fourth-order valence-electron chi connectivity index (χ4n) is 3.18. The molecule has 0 saturated carbocycles. The molecule has 0 radical (unpaired) electrons. The van der Waals surface area contributed by atoms with Crippen molar-refractivity contribution in [2.75, 3.05) is 26.9 Å². The van der Waals surface area contributed by atoms with Crippen LogP contribution in [0.1, 0.15) is 34.6 Å². The molecule has 1 atom stereocenters. The first kappa shape index (κ1) is 18.2. The first-order valence-corrected chi connectivity index (χ1v) is 9.18. The minimum absolute atomic E-state index is 0.0377. The van der Waals surface area contributed by atoms with Crippen LogP contribution in [0.3, 0.4) is 0 Å². The molecule has 0 fully saturated rings. The van der Waals surface area contributed by atoms with E-state index in [0.29, 0.717) is 36.7 Å². The molecular formula is C20H22N4O4. The lowest BCUT2D eigenvalue weighted by atomic mass is 10.1. The normalized spacial score (nSPS) is 14.1. The van der Waals surface area contributed by atoms with Crippen LogP contribution in [0.4, 0.5) is 0 Å². The number of amides is 1. The lowest BCUT2D eigenvalue weighted by Gasteiger charge is -2.26. The predicted octanol–water partition coefficient (Wildman–Crippen LogP) is 1.87. The molecule has 2 aromatic heterocycles. The van der Waals surface area contributed by atoms with E-state index in [2.05, 4.69) is 10.1 Å². The molecule has 8 heteroatoms. The van der Waals surface area contributed by atoms with E-state index in [1.807, 2.05) is 25.1 Å². The summed E-state index contributed by atoms with van der Waals surface area (Å²) >= 11 is 0. The Kier molecular flexibility index (Phi) is 4.87. The Hall–Kier alpha value is -3.13. The maximum absolute atomic E-state index is 13.0. The van der Waals surface area contributed by atoms with Gasteiger partial charge in [0.05, 0.1) is 6.04 Å². The molecule has 28 heavy (non-hydrogen) atoms. The van der Waals surface area contributed by atoms with Crippen molar-refractivity contribution in [1.82, 2.24) is 19.5 Å². The number of hydrogen-bond acceptors (Lipinski definition) is 6. The van der Waals surface area contributed by atoms with E-state index >= 15 is 0 Å². The SMILES string of the molecule is C[C@@H](c1ccc2c(c1)OCCO2)N(C)C(=O)c1cc2ncc(CCO)cn2n1. The Balaban J connectivity index is 1.56. The van der Waals surface area contributed by atoms with E-state index in [-0.39, 0.29) is 18.6 Å². The molecule has 0 saturated heterocycles. The second-order valence-corrected chi connectivity index (χ2v) is 6.76. The lowest BCUT2D eigenvalue weighted by Crippen LogP contribution is -2.30. The van der Waals surface area contributed by atoms with E-state index in [4.69, 9.17) is 14.6 Å². The minimum atomic E-state index is -0.198. The molecule has 0 unspecified atom stereocenters. The predicted molar refractivity (Wildman–Crippen MR) is 102 cm³/mol. The molecule has 3 aromatic rings. The molecule has 1 aliphatic rings. The zero-order chi connectivity index (χ0) is 19.7. The highest BCUT2D eigenvalue weighted by Crippen LogP contribution is 2.34. The summed E-state index contributed by atoms with van der Waals surface area (Å²) in [4.78, 5) is 18.9. The summed E-state index contributed by atoms with van der Waals surface area (Å²) in [5, 5.41) is 13.4. The van der Waals surface area contributed by atoms with Crippen molar-refractivity contribution in [3.05, 3.63) is 53.5 Å². The molecule has 4 rings (SSSR count). The van der Waals surface area contributed by atoms with Gasteiger partial charge in [-0.25, -0.2) is 9.50 Å². The molecule has 1 N–H and O–H groups in total. The van der Waals surface area contributed by atoms with Crippen molar-refractivity contribution in [3.63, 3.8) is 0 Å². The van der Waals surface area contributed by atoms with Crippen LogP contribution < -0.4 is 9.47 Å². The summed E-state index contributed by atoms with van der Waals surface area (Å²) in [5.74, 6) is 1.22. The smallest absolute Gasteiger partial charge is 0.274 e. The van der Waals surface area contributed by atoms with Gasteiger partial charge in [-0.2, -0.15) is 5.10 Å². The topological polar surface area (TPSA) is 89.2 Å². The van der Waals surface area contributed by atoms with Gasteiger partial charge in [0.2, 0.25) is 0 Å². The molecule has 0 bridgehead atoms. The van der Waals surface area contributed by atoms with Gasteiger partial charge < -0.3 is 19.5 Å². The third-order valence-electron chi connectivity index (χ3n) is 4.94. The first-order valence-electron chi connectivity index (χ1n) is 9.18. The number of aliphatic hydroxyl groups is 1. The fourth-order valence-corrected chi connectivity index (χ4v) is 3.18. The summed E-state index contributed by atoms with van der Waals surface area (Å²) in [6.45, 7) is 3.06. The highest BCUT2D eigenvalue weighted by atomic mass is 16.6. The highest BCUT2D eigenvalue weighted by Gasteiger charge is 2.23. The van der Waals surface area contributed by atoms with Gasteiger partial charge >= 0.3 is 0 Å². The second kappa shape index (κ2) is 7.47. The van der Waals surface area contributed by atoms with Gasteiger partial charge in [0.1, 0.15) is 13.2 Å². The summed E-state index contributed by atoms with van der Waals surface area (Å²) in [5.41, 5.74) is 2.72. The van der Waals surface area contributed by atoms with Gasteiger partial charge in [0.25, 0.3) is 5.91 Å². The summed E-state index contributed by atoms with van der Waals surface area (Å²) < 4.78 is 12.8. The number of fused-ring (bicyclic) bond motifs is 2.